The van der Waals surface area contributed by atoms with Crippen LogP contribution in [0.3, 0.4) is 0 Å². The molecule has 1 heterocycles. The first-order valence-electron chi connectivity index (χ1n) is 8.14. The lowest BCUT2D eigenvalue weighted by atomic mass is 10.2. The second kappa shape index (κ2) is 8.30. The molecule has 0 saturated heterocycles. The lowest BCUT2D eigenvalue weighted by Gasteiger charge is -2.07. The number of thioether (sulfide) groups is 1. The van der Waals surface area contributed by atoms with Gasteiger partial charge in [0.1, 0.15) is 0 Å². The van der Waals surface area contributed by atoms with Crippen molar-refractivity contribution >= 4 is 17.7 Å². The van der Waals surface area contributed by atoms with Gasteiger partial charge in [0.2, 0.25) is 0 Å². The summed E-state index contributed by atoms with van der Waals surface area (Å²) < 4.78 is 38.7. The summed E-state index contributed by atoms with van der Waals surface area (Å²) in [7, 11) is 0. The number of para-hydroxylation sites is 1. The summed E-state index contributed by atoms with van der Waals surface area (Å²) in [5.74, 6) is -0.325. The highest BCUT2D eigenvalue weighted by molar-refractivity contribution is 8.00. The van der Waals surface area contributed by atoms with Crippen molar-refractivity contribution in [3.05, 3.63) is 78.1 Å². The third-order valence-corrected chi connectivity index (χ3v) is 4.45. The first-order chi connectivity index (χ1) is 12.9. The van der Waals surface area contributed by atoms with E-state index in [1.165, 1.54) is 24.3 Å². The first kappa shape index (κ1) is 19.0. The molecule has 0 aliphatic rings. The Morgan fingerprint density at radius 2 is 1.78 bits per heavy atom. The Kier molecular flexibility index (Phi) is 5.85. The van der Waals surface area contributed by atoms with E-state index in [9.17, 15) is 18.0 Å². The largest absolute Gasteiger partial charge is 0.446 e. The molecule has 0 unspecified atom stereocenters. The van der Waals surface area contributed by atoms with E-state index in [4.69, 9.17) is 0 Å². The van der Waals surface area contributed by atoms with Gasteiger partial charge in [0.15, 0.2) is 0 Å². The smallest absolute Gasteiger partial charge is 0.352 e. The number of rotatable bonds is 6. The Bertz CT molecular complexity index is 893. The van der Waals surface area contributed by atoms with E-state index in [0.717, 1.165) is 11.3 Å². The molecule has 0 bridgehead atoms. The van der Waals surface area contributed by atoms with E-state index in [1.54, 1.807) is 10.9 Å². The molecule has 0 fully saturated rings. The Morgan fingerprint density at radius 1 is 1.07 bits per heavy atom. The molecule has 3 aromatic rings. The molecule has 2 aromatic carbocycles. The summed E-state index contributed by atoms with van der Waals surface area (Å²) >= 11 is -0.204. The van der Waals surface area contributed by atoms with E-state index in [0.29, 0.717) is 18.5 Å². The van der Waals surface area contributed by atoms with Crippen LogP contribution in [0.2, 0.25) is 0 Å². The number of amides is 1. The van der Waals surface area contributed by atoms with Gasteiger partial charge in [-0.05, 0) is 60.1 Å². The lowest BCUT2D eigenvalue weighted by molar-refractivity contribution is -0.0328. The number of nitrogens with one attached hydrogen (secondary N) is 1. The summed E-state index contributed by atoms with van der Waals surface area (Å²) in [6, 6.07) is 15.0. The third kappa shape index (κ3) is 5.62. The fourth-order valence-corrected chi connectivity index (χ4v) is 2.98. The van der Waals surface area contributed by atoms with Crippen LogP contribution in [0, 0.1) is 0 Å². The maximum Gasteiger partial charge on any atom is 0.446 e. The molecule has 1 N–H and O–H groups in total. The number of nitrogens with zero attached hydrogens (tertiary/aromatic N) is 2. The average Bonchev–Trinajstić information content (AvgIpc) is 3.10. The number of carbonyl (C=O) groups is 1. The highest BCUT2D eigenvalue weighted by Gasteiger charge is 2.29. The normalized spacial score (nSPS) is 11.4. The van der Waals surface area contributed by atoms with Gasteiger partial charge < -0.3 is 5.32 Å². The molecular formula is C19H16F3N3OS. The minimum Gasteiger partial charge on any atom is -0.352 e. The van der Waals surface area contributed by atoms with Crippen molar-refractivity contribution in [1.82, 2.24) is 15.1 Å². The molecule has 4 nitrogen and oxygen atoms in total. The van der Waals surface area contributed by atoms with Gasteiger partial charge in [-0.2, -0.15) is 18.3 Å². The second-order valence-corrected chi connectivity index (χ2v) is 6.85. The zero-order chi connectivity index (χ0) is 19.3. The van der Waals surface area contributed by atoms with Crippen molar-refractivity contribution in [1.29, 1.82) is 0 Å². The Hall–Kier alpha value is -2.74. The van der Waals surface area contributed by atoms with Crippen molar-refractivity contribution in [3.8, 4) is 5.69 Å². The topological polar surface area (TPSA) is 46.9 Å². The maximum absolute atomic E-state index is 12.3. The number of halogens is 3. The van der Waals surface area contributed by atoms with E-state index < -0.39 is 5.51 Å². The van der Waals surface area contributed by atoms with Crippen LogP contribution in [0.4, 0.5) is 13.2 Å². The van der Waals surface area contributed by atoms with Crippen LogP contribution in [0.15, 0.2) is 71.9 Å². The molecule has 0 aliphatic heterocycles. The SMILES string of the molecule is O=C(NCCc1cnn(-c2ccccc2)c1)c1ccc(SC(F)(F)F)cc1. The van der Waals surface area contributed by atoms with Crippen LogP contribution in [-0.2, 0) is 6.42 Å². The molecule has 27 heavy (non-hydrogen) atoms. The van der Waals surface area contributed by atoms with Gasteiger partial charge in [0.05, 0.1) is 11.9 Å². The monoisotopic (exact) mass is 391 g/mol. The Labute approximate surface area is 158 Å². The number of benzene rings is 2. The van der Waals surface area contributed by atoms with E-state index in [1.807, 2.05) is 36.5 Å². The van der Waals surface area contributed by atoms with Crippen LogP contribution in [0.25, 0.3) is 5.69 Å². The third-order valence-electron chi connectivity index (χ3n) is 3.71. The van der Waals surface area contributed by atoms with Crippen LogP contribution >= 0.6 is 11.8 Å². The molecule has 0 spiro atoms. The van der Waals surface area contributed by atoms with Gasteiger partial charge in [-0.15, -0.1) is 0 Å². The highest BCUT2D eigenvalue weighted by Crippen LogP contribution is 2.36. The molecule has 3 rings (SSSR count). The fourth-order valence-electron chi connectivity index (χ4n) is 2.44. The fraction of sp³-hybridized carbons (Fsp3) is 0.158. The quantitative estimate of drug-likeness (QED) is 0.632. The van der Waals surface area contributed by atoms with Crippen LogP contribution in [0.5, 0.6) is 0 Å². The Morgan fingerprint density at radius 3 is 2.44 bits per heavy atom. The molecule has 1 aromatic heterocycles. The number of alkyl halides is 3. The van der Waals surface area contributed by atoms with Crippen LogP contribution < -0.4 is 5.32 Å². The highest BCUT2D eigenvalue weighted by atomic mass is 32.2. The summed E-state index contributed by atoms with van der Waals surface area (Å²) in [5, 5.41) is 7.05. The van der Waals surface area contributed by atoms with Gasteiger partial charge in [-0.25, -0.2) is 4.68 Å². The minimum atomic E-state index is -4.34. The molecule has 0 radical (unpaired) electrons. The van der Waals surface area contributed by atoms with Crippen LogP contribution in [0.1, 0.15) is 15.9 Å². The number of carbonyl (C=O) groups excluding carboxylic acids is 1. The van der Waals surface area contributed by atoms with E-state index in [2.05, 4.69) is 10.4 Å². The number of hydrogen-bond donors (Lipinski definition) is 1. The average molecular weight is 391 g/mol. The van der Waals surface area contributed by atoms with E-state index in [-0.39, 0.29) is 22.6 Å². The van der Waals surface area contributed by atoms with Crippen molar-refractivity contribution < 1.29 is 18.0 Å². The zero-order valence-corrected chi connectivity index (χ0v) is 14.9. The minimum absolute atomic E-state index is 0.0485. The zero-order valence-electron chi connectivity index (χ0n) is 14.1. The molecule has 0 aliphatic carbocycles. The van der Waals surface area contributed by atoms with Gasteiger partial charge >= 0.3 is 5.51 Å². The van der Waals surface area contributed by atoms with Crippen LogP contribution in [-0.4, -0.2) is 27.7 Å². The summed E-state index contributed by atoms with van der Waals surface area (Å²) in [5.41, 5.74) is -2.10. The van der Waals surface area contributed by atoms with Gasteiger partial charge in [0.25, 0.3) is 5.91 Å². The summed E-state index contributed by atoms with van der Waals surface area (Å²) in [6.07, 6.45) is 4.23. The number of aromatic nitrogens is 2. The number of hydrogen-bond acceptors (Lipinski definition) is 3. The standard InChI is InChI=1S/C19H16F3N3OS/c20-19(21,22)27-17-8-6-15(7-9-17)18(26)23-11-10-14-12-24-25(13-14)16-4-2-1-3-5-16/h1-9,12-13H,10-11H2,(H,23,26). The molecule has 8 heteroatoms. The van der Waals surface area contributed by atoms with E-state index >= 15 is 0 Å². The van der Waals surface area contributed by atoms with Gasteiger partial charge in [0, 0.05) is 23.2 Å². The second-order valence-electron chi connectivity index (χ2n) is 5.71. The van der Waals surface area contributed by atoms with Crippen molar-refractivity contribution in [2.24, 2.45) is 0 Å². The molecule has 0 atom stereocenters. The lowest BCUT2D eigenvalue weighted by Crippen LogP contribution is -2.25. The predicted molar refractivity (Wildman–Crippen MR) is 98.0 cm³/mol. The van der Waals surface area contributed by atoms with Gasteiger partial charge in [-0.1, -0.05) is 18.2 Å². The molecule has 1 amide bonds. The van der Waals surface area contributed by atoms with Gasteiger partial charge in [-0.3, -0.25) is 4.79 Å². The predicted octanol–water partition coefficient (Wildman–Crippen LogP) is 4.46. The summed E-state index contributed by atoms with van der Waals surface area (Å²) in [4.78, 5) is 12.1. The van der Waals surface area contributed by atoms with Crippen molar-refractivity contribution in [3.63, 3.8) is 0 Å². The van der Waals surface area contributed by atoms with Crippen molar-refractivity contribution in [2.75, 3.05) is 6.54 Å². The Balaban J connectivity index is 1.50. The maximum atomic E-state index is 12.3. The van der Waals surface area contributed by atoms with Crippen molar-refractivity contribution in [2.45, 2.75) is 16.8 Å². The first-order valence-corrected chi connectivity index (χ1v) is 8.95. The molecule has 140 valence electrons. The molecular weight excluding hydrogens is 375 g/mol. The summed E-state index contributed by atoms with van der Waals surface area (Å²) in [6.45, 7) is 0.401. The molecule has 0 saturated carbocycles.